The highest BCUT2D eigenvalue weighted by atomic mass is 19.1. The van der Waals surface area contributed by atoms with Crippen LogP contribution in [0.1, 0.15) is 42.5 Å². The quantitative estimate of drug-likeness (QED) is 0.939. The SMILES string of the molecule is O=c1cc(C2CCC2)ncn1C[C@H](O)c1ccc(F)cc1. The van der Waals surface area contributed by atoms with E-state index in [4.69, 9.17) is 0 Å². The minimum Gasteiger partial charge on any atom is -0.387 e. The van der Waals surface area contributed by atoms with Gasteiger partial charge in [-0.1, -0.05) is 18.6 Å². The molecule has 0 aliphatic heterocycles. The Morgan fingerprint density at radius 3 is 2.62 bits per heavy atom. The second-order valence-corrected chi connectivity index (χ2v) is 5.50. The largest absolute Gasteiger partial charge is 0.387 e. The number of rotatable bonds is 4. The molecule has 4 nitrogen and oxygen atoms in total. The van der Waals surface area contributed by atoms with E-state index in [2.05, 4.69) is 4.98 Å². The average molecular weight is 288 g/mol. The molecule has 1 aliphatic rings. The van der Waals surface area contributed by atoms with Gasteiger partial charge < -0.3 is 5.11 Å². The highest BCUT2D eigenvalue weighted by molar-refractivity contribution is 5.18. The van der Waals surface area contributed by atoms with Crippen molar-refractivity contribution in [2.24, 2.45) is 0 Å². The van der Waals surface area contributed by atoms with Gasteiger partial charge in [0.15, 0.2) is 0 Å². The first-order valence-electron chi connectivity index (χ1n) is 7.13. The summed E-state index contributed by atoms with van der Waals surface area (Å²) in [6.07, 6.45) is 4.00. The zero-order valence-electron chi connectivity index (χ0n) is 11.6. The first kappa shape index (κ1) is 13.9. The van der Waals surface area contributed by atoms with Gasteiger partial charge in [-0.25, -0.2) is 9.37 Å². The number of benzene rings is 1. The van der Waals surface area contributed by atoms with Crippen LogP contribution in [0, 0.1) is 5.82 Å². The fourth-order valence-corrected chi connectivity index (χ4v) is 2.48. The van der Waals surface area contributed by atoms with Gasteiger partial charge in [0.2, 0.25) is 0 Å². The van der Waals surface area contributed by atoms with Gasteiger partial charge in [0.1, 0.15) is 5.82 Å². The van der Waals surface area contributed by atoms with E-state index in [-0.39, 0.29) is 17.9 Å². The molecule has 1 atom stereocenters. The van der Waals surface area contributed by atoms with E-state index >= 15 is 0 Å². The first-order chi connectivity index (χ1) is 10.1. The molecule has 1 N–H and O–H groups in total. The van der Waals surface area contributed by atoms with Gasteiger partial charge in [-0.15, -0.1) is 0 Å². The number of aromatic nitrogens is 2. The third-order valence-corrected chi connectivity index (χ3v) is 4.05. The topological polar surface area (TPSA) is 55.1 Å². The van der Waals surface area contributed by atoms with E-state index in [1.807, 2.05) is 0 Å². The summed E-state index contributed by atoms with van der Waals surface area (Å²) < 4.78 is 14.2. The van der Waals surface area contributed by atoms with Crippen LogP contribution in [0.4, 0.5) is 4.39 Å². The van der Waals surface area contributed by atoms with E-state index in [9.17, 15) is 14.3 Å². The predicted octanol–water partition coefficient (Wildman–Crippen LogP) is 2.38. The van der Waals surface area contributed by atoms with E-state index < -0.39 is 6.10 Å². The number of nitrogens with zero attached hydrogens (tertiary/aromatic N) is 2. The molecule has 0 amide bonds. The Bertz CT molecular complexity index is 677. The van der Waals surface area contributed by atoms with Gasteiger partial charge in [-0.3, -0.25) is 9.36 Å². The molecule has 3 rings (SSSR count). The summed E-state index contributed by atoms with van der Waals surface area (Å²) in [5, 5.41) is 10.1. The van der Waals surface area contributed by atoms with Crippen molar-refractivity contribution in [2.75, 3.05) is 0 Å². The molecule has 0 saturated heterocycles. The van der Waals surface area contributed by atoms with E-state index in [1.165, 1.54) is 41.6 Å². The summed E-state index contributed by atoms with van der Waals surface area (Å²) in [7, 11) is 0. The van der Waals surface area contributed by atoms with Crippen LogP contribution in [-0.4, -0.2) is 14.7 Å². The van der Waals surface area contributed by atoms with Crippen molar-refractivity contribution < 1.29 is 9.50 Å². The van der Waals surface area contributed by atoms with Crippen molar-refractivity contribution in [1.29, 1.82) is 0 Å². The van der Waals surface area contributed by atoms with E-state index in [1.54, 1.807) is 6.07 Å². The molecule has 5 heteroatoms. The summed E-state index contributed by atoms with van der Waals surface area (Å²) in [4.78, 5) is 16.4. The Kier molecular flexibility index (Phi) is 3.84. The lowest BCUT2D eigenvalue weighted by molar-refractivity contribution is 0.154. The van der Waals surface area contributed by atoms with Crippen LogP contribution in [-0.2, 0) is 6.54 Å². The minimum atomic E-state index is -0.861. The molecule has 0 bridgehead atoms. The summed E-state index contributed by atoms with van der Waals surface area (Å²) in [5.41, 5.74) is 1.26. The Hall–Kier alpha value is -2.01. The number of hydrogen-bond donors (Lipinski definition) is 1. The standard InChI is InChI=1S/C16H17FN2O2/c17-13-6-4-12(5-7-13)15(20)9-19-10-18-14(8-16(19)21)11-2-1-3-11/h4-8,10-11,15,20H,1-3,9H2/t15-/m0/s1. The smallest absolute Gasteiger partial charge is 0.253 e. The van der Waals surface area contributed by atoms with Crippen molar-refractivity contribution in [3.63, 3.8) is 0 Å². The van der Waals surface area contributed by atoms with Gasteiger partial charge >= 0.3 is 0 Å². The van der Waals surface area contributed by atoms with Crippen molar-refractivity contribution >= 4 is 0 Å². The molecular weight excluding hydrogens is 271 g/mol. The van der Waals surface area contributed by atoms with Gasteiger partial charge in [0, 0.05) is 12.0 Å². The molecule has 1 fully saturated rings. The molecule has 1 heterocycles. The third kappa shape index (κ3) is 3.03. The number of halogens is 1. The molecule has 2 aromatic rings. The number of aliphatic hydroxyl groups excluding tert-OH is 1. The van der Waals surface area contributed by atoms with Crippen molar-refractivity contribution in [3.05, 3.63) is 64.1 Å². The number of hydrogen-bond acceptors (Lipinski definition) is 3. The van der Waals surface area contributed by atoms with Gasteiger partial charge in [0.05, 0.1) is 24.7 Å². The Labute approximate surface area is 121 Å². The monoisotopic (exact) mass is 288 g/mol. The van der Waals surface area contributed by atoms with Crippen molar-refractivity contribution in [3.8, 4) is 0 Å². The predicted molar refractivity (Wildman–Crippen MR) is 76.4 cm³/mol. The maximum absolute atomic E-state index is 12.9. The fraction of sp³-hybridized carbons (Fsp3) is 0.375. The van der Waals surface area contributed by atoms with Crippen LogP contribution in [0.5, 0.6) is 0 Å². The molecule has 0 radical (unpaired) electrons. The highest BCUT2D eigenvalue weighted by Crippen LogP contribution is 2.34. The molecule has 0 spiro atoms. The first-order valence-corrected chi connectivity index (χ1v) is 7.13. The van der Waals surface area contributed by atoms with Crippen LogP contribution >= 0.6 is 0 Å². The van der Waals surface area contributed by atoms with E-state index in [0.717, 1.165) is 18.5 Å². The molecule has 1 aromatic heterocycles. The number of aliphatic hydroxyl groups is 1. The third-order valence-electron chi connectivity index (χ3n) is 4.05. The van der Waals surface area contributed by atoms with Crippen LogP contribution in [0.3, 0.4) is 0 Å². The van der Waals surface area contributed by atoms with E-state index in [0.29, 0.717) is 11.5 Å². The molecule has 0 unspecified atom stereocenters. The van der Waals surface area contributed by atoms with Crippen molar-refractivity contribution in [1.82, 2.24) is 9.55 Å². The Morgan fingerprint density at radius 1 is 1.33 bits per heavy atom. The maximum Gasteiger partial charge on any atom is 0.253 e. The van der Waals surface area contributed by atoms with Crippen LogP contribution in [0.15, 0.2) is 41.5 Å². The lowest BCUT2D eigenvalue weighted by Gasteiger charge is -2.24. The summed E-state index contributed by atoms with van der Waals surface area (Å²) in [6.45, 7) is 0.114. The lowest BCUT2D eigenvalue weighted by Crippen LogP contribution is -2.25. The highest BCUT2D eigenvalue weighted by Gasteiger charge is 2.21. The van der Waals surface area contributed by atoms with Crippen LogP contribution < -0.4 is 5.56 Å². The molecule has 1 saturated carbocycles. The second kappa shape index (κ2) is 5.77. The van der Waals surface area contributed by atoms with Crippen LogP contribution in [0.25, 0.3) is 0 Å². The maximum atomic E-state index is 12.9. The van der Waals surface area contributed by atoms with Gasteiger partial charge in [-0.2, -0.15) is 0 Å². The molecule has 21 heavy (non-hydrogen) atoms. The normalized spacial score (nSPS) is 16.5. The van der Waals surface area contributed by atoms with Gasteiger partial charge in [0.25, 0.3) is 5.56 Å². The average Bonchev–Trinajstić information content (AvgIpc) is 2.40. The molecule has 1 aliphatic carbocycles. The fourth-order valence-electron chi connectivity index (χ4n) is 2.48. The summed E-state index contributed by atoms with van der Waals surface area (Å²) >= 11 is 0. The van der Waals surface area contributed by atoms with Crippen LogP contribution in [0.2, 0.25) is 0 Å². The molecular formula is C16H17FN2O2. The summed E-state index contributed by atoms with van der Waals surface area (Å²) in [5.74, 6) is 0.0593. The Balaban J connectivity index is 1.75. The summed E-state index contributed by atoms with van der Waals surface area (Å²) in [6, 6.07) is 7.17. The minimum absolute atomic E-state index is 0.114. The Morgan fingerprint density at radius 2 is 2.05 bits per heavy atom. The zero-order valence-corrected chi connectivity index (χ0v) is 11.6. The molecule has 110 valence electrons. The lowest BCUT2D eigenvalue weighted by atomic mass is 9.83. The second-order valence-electron chi connectivity index (χ2n) is 5.50. The zero-order chi connectivity index (χ0) is 14.8. The van der Waals surface area contributed by atoms with Gasteiger partial charge in [-0.05, 0) is 30.5 Å². The molecule has 1 aromatic carbocycles. The van der Waals surface area contributed by atoms with Crippen molar-refractivity contribution in [2.45, 2.75) is 37.8 Å².